The van der Waals surface area contributed by atoms with Crippen molar-refractivity contribution in [3.8, 4) is 0 Å². The Morgan fingerprint density at radius 1 is 1.21 bits per heavy atom. The number of rotatable bonds is 3. The lowest BCUT2D eigenvalue weighted by Gasteiger charge is -2.09. The predicted molar refractivity (Wildman–Crippen MR) is 74.2 cm³/mol. The third-order valence-corrected chi connectivity index (χ3v) is 2.98. The van der Waals surface area contributed by atoms with Crippen LogP contribution in [0.2, 0.25) is 0 Å². The molecule has 0 aliphatic carbocycles. The van der Waals surface area contributed by atoms with E-state index in [9.17, 15) is 4.39 Å². The number of imidazole rings is 1. The molecule has 0 fully saturated rings. The van der Waals surface area contributed by atoms with E-state index in [4.69, 9.17) is 5.73 Å². The summed E-state index contributed by atoms with van der Waals surface area (Å²) < 4.78 is 12.9. The number of H-pyrrole nitrogens is 1. The van der Waals surface area contributed by atoms with Crippen molar-refractivity contribution in [1.29, 1.82) is 0 Å². The average molecular weight is 256 g/mol. The third kappa shape index (κ3) is 2.35. The number of hydrogen-bond acceptors (Lipinski definition) is 3. The molecule has 3 rings (SSSR count). The van der Waals surface area contributed by atoms with Crippen molar-refractivity contribution in [2.45, 2.75) is 6.54 Å². The van der Waals surface area contributed by atoms with Crippen molar-refractivity contribution in [3.63, 3.8) is 0 Å². The van der Waals surface area contributed by atoms with Gasteiger partial charge in [0.15, 0.2) is 0 Å². The Bertz CT molecular complexity index is 720. The number of hydrogen-bond donors (Lipinski definition) is 3. The highest BCUT2D eigenvalue weighted by atomic mass is 19.1. The largest absolute Gasteiger partial charge is 0.397 e. The zero-order valence-corrected chi connectivity index (χ0v) is 10.2. The topological polar surface area (TPSA) is 66.7 Å². The van der Waals surface area contributed by atoms with Crippen LogP contribution in [-0.2, 0) is 6.54 Å². The average Bonchev–Trinajstić information content (AvgIpc) is 2.85. The van der Waals surface area contributed by atoms with Gasteiger partial charge in [0.1, 0.15) is 5.82 Å². The molecule has 0 atom stereocenters. The number of nitrogens with one attached hydrogen (secondary N) is 2. The molecule has 1 heterocycles. The summed E-state index contributed by atoms with van der Waals surface area (Å²) in [6.45, 7) is 0.616. The number of aromatic nitrogens is 2. The molecule has 0 bridgehead atoms. The van der Waals surface area contributed by atoms with Gasteiger partial charge in [-0.3, -0.25) is 0 Å². The van der Waals surface area contributed by atoms with E-state index in [0.717, 1.165) is 22.3 Å². The molecule has 0 aliphatic rings. The first-order chi connectivity index (χ1) is 9.22. The smallest absolute Gasteiger partial charge is 0.125 e. The zero-order valence-electron chi connectivity index (χ0n) is 10.2. The normalized spacial score (nSPS) is 10.8. The lowest BCUT2D eigenvalue weighted by Crippen LogP contribution is -2.02. The molecular formula is C14H13FN4. The molecular weight excluding hydrogens is 243 g/mol. The molecule has 1 aromatic heterocycles. The Morgan fingerprint density at radius 2 is 2.11 bits per heavy atom. The first kappa shape index (κ1) is 11.5. The predicted octanol–water partition coefficient (Wildman–Crippen LogP) is 2.90. The summed E-state index contributed by atoms with van der Waals surface area (Å²) in [7, 11) is 0. The summed E-state index contributed by atoms with van der Waals surface area (Å²) >= 11 is 0. The van der Waals surface area contributed by atoms with Crippen LogP contribution in [0.25, 0.3) is 11.0 Å². The van der Waals surface area contributed by atoms with Gasteiger partial charge in [-0.15, -0.1) is 0 Å². The molecule has 19 heavy (non-hydrogen) atoms. The highest BCUT2D eigenvalue weighted by Gasteiger charge is 2.02. The van der Waals surface area contributed by atoms with Crippen LogP contribution in [0, 0.1) is 5.82 Å². The fourth-order valence-corrected chi connectivity index (χ4v) is 1.98. The number of anilines is 2. The van der Waals surface area contributed by atoms with Crippen LogP contribution in [0.1, 0.15) is 5.56 Å². The summed E-state index contributed by atoms with van der Waals surface area (Å²) in [5.41, 5.74) is 9.90. The molecule has 0 amide bonds. The van der Waals surface area contributed by atoms with Gasteiger partial charge >= 0.3 is 0 Å². The van der Waals surface area contributed by atoms with Gasteiger partial charge in [-0.25, -0.2) is 9.37 Å². The minimum Gasteiger partial charge on any atom is -0.397 e. The number of nitrogens with zero attached hydrogens (tertiary/aromatic N) is 1. The molecule has 0 saturated carbocycles. The molecule has 0 spiro atoms. The van der Waals surface area contributed by atoms with Crippen molar-refractivity contribution in [3.05, 3.63) is 54.1 Å². The number of nitrogens with two attached hydrogens (primary N) is 1. The van der Waals surface area contributed by atoms with Crippen LogP contribution in [0.15, 0.2) is 42.7 Å². The highest BCUT2D eigenvalue weighted by molar-refractivity contribution is 5.75. The second kappa shape index (κ2) is 4.61. The van der Waals surface area contributed by atoms with Crippen LogP contribution >= 0.6 is 0 Å². The lowest BCUT2D eigenvalue weighted by atomic mass is 10.2. The fourth-order valence-electron chi connectivity index (χ4n) is 1.98. The molecule has 2 aromatic carbocycles. The summed E-state index contributed by atoms with van der Waals surface area (Å²) in [6, 6.07) is 10.3. The quantitative estimate of drug-likeness (QED) is 0.631. The van der Waals surface area contributed by atoms with E-state index in [1.165, 1.54) is 12.1 Å². The summed E-state index contributed by atoms with van der Waals surface area (Å²) in [5, 5.41) is 3.19. The Hall–Kier alpha value is -2.56. The monoisotopic (exact) mass is 256 g/mol. The number of aromatic amines is 1. The molecule has 4 N–H and O–H groups in total. The minimum atomic E-state index is -0.332. The summed E-state index contributed by atoms with van der Waals surface area (Å²) in [4.78, 5) is 7.23. The van der Waals surface area contributed by atoms with E-state index in [2.05, 4.69) is 15.3 Å². The Labute approximate surface area is 109 Å². The second-order valence-electron chi connectivity index (χ2n) is 4.34. The van der Waals surface area contributed by atoms with Gasteiger partial charge in [-0.2, -0.15) is 0 Å². The first-order valence-electron chi connectivity index (χ1n) is 5.93. The lowest BCUT2D eigenvalue weighted by molar-refractivity contribution is 0.628. The minimum absolute atomic E-state index is 0.332. The Balaban J connectivity index is 1.77. The van der Waals surface area contributed by atoms with Crippen molar-refractivity contribution in [2.24, 2.45) is 0 Å². The molecule has 0 unspecified atom stereocenters. The Morgan fingerprint density at radius 3 is 2.95 bits per heavy atom. The van der Waals surface area contributed by atoms with Crippen LogP contribution in [0.4, 0.5) is 15.8 Å². The summed E-state index contributed by atoms with van der Waals surface area (Å²) in [5.74, 6) is -0.332. The van der Waals surface area contributed by atoms with Gasteiger partial charge in [-0.1, -0.05) is 6.07 Å². The SMILES string of the molecule is Nc1cc(F)ccc1NCc1ccc2nc[nH]c2c1. The maximum Gasteiger partial charge on any atom is 0.125 e. The van der Waals surface area contributed by atoms with Crippen LogP contribution in [0.5, 0.6) is 0 Å². The standard InChI is InChI=1S/C14H13FN4/c15-10-2-4-12(11(16)6-10)17-7-9-1-3-13-14(5-9)19-8-18-13/h1-6,8,17H,7,16H2,(H,18,19). The van der Waals surface area contributed by atoms with Gasteiger partial charge in [0.05, 0.1) is 28.7 Å². The number of fused-ring (bicyclic) bond motifs is 1. The summed E-state index contributed by atoms with van der Waals surface area (Å²) in [6.07, 6.45) is 1.67. The molecule has 4 nitrogen and oxygen atoms in total. The maximum atomic E-state index is 12.9. The first-order valence-corrected chi connectivity index (χ1v) is 5.93. The van der Waals surface area contributed by atoms with E-state index in [1.54, 1.807) is 12.4 Å². The van der Waals surface area contributed by atoms with Crippen molar-refractivity contribution >= 4 is 22.4 Å². The van der Waals surface area contributed by atoms with Crippen LogP contribution in [0.3, 0.4) is 0 Å². The third-order valence-electron chi connectivity index (χ3n) is 2.98. The fraction of sp³-hybridized carbons (Fsp3) is 0.0714. The second-order valence-corrected chi connectivity index (χ2v) is 4.34. The van der Waals surface area contributed by atoms with Crippen molar-refractivity contribution in [2.75, 3.05) is 11.1 Å². The molecule has 96 valence electrons. The van der Waals surface area contributed by atoms with Crippen LogP contribution in [-0.4, -0.2) is 9.97 Å². The maximum absolute atomic E-state index is 12.9. The highest BCUT2D eigenvalue weighted by Crippen LogP contribution is 2.20. The molecule has 0 radical (unpaired) electrons. The van der Waals surface area contributed by atoms with Crippen LogP contribution < -0.4 is 11.1 Å². The van der Waals surface area contributed by atoms with Crippen molar-refractivity contribution in [1.82, 2.24) is 9.97 Å². The zero-order chi connectivity index (χ0) is 13.2. The molecule has 5 heteroatoms. The van der Waals surface area contributed by atoms with Gasteiger partial charge in [0.2, 0.25) is 0 Å². The van der Waals surface area contributed by atoms with E-state index in [1.807, 2.05) is 18.2 Å². The van der Waals surface area contributed by atoms with Gasteiger partial charge in [0.25, 0.3) is 0 Å². The van der Waals surface area contributed by atoms with E-state index >= 15 is 0 Å². The van der Waals surface area contributed by atoms with Gasteiger partial charge in [0, 0.05) is 6.54 Å². The van der Waals surface area contributed by atoms with E-state index in [-0.39, 0.29) is 5.82 Å². The van der Waals surface area contributed by atoms with Gasteiger partial charge in [-0.05, 0) is 35.9 Å². The van der Waals surface area contributed by atoms with E-state index in [0.29, 0.717) is 12.2 Å². The van der Waals surface area contributed by atoms with Gasteiger partial charge < -0.3 is 16.0 Å². The van der Waals surface area contributed by atoms with Crippen molar-refractivity contribution < 1.29 is 4.39 Å². The number of nitrogen functional groups attached to an aromatic ring is 1. The number of benzene rings is 2. The van der Waals surface area contributed by atoms with E-state index < -0.39 is 0 Å². The molecule has 0 saturated heterocycles. The number of halogens is 1. The Kier molecular flexibility index (Phi) is 2.79. The molecule has 0 aliphatic heterocycles. The molecule has 3 aromatic rings.